The normalized spacial score (nSPS) is 11.8. The number of para-hydroxylation sites is 2. The van der Waals surface area contributed by atoms with Crippen LogP contribution in [0.3, 0.4) is 0 Å². The fraction of sp³-hybridized carbons (Fsp3) is 0.348. The van der Waals surface area contributed by atoms with E-state index >= 15 is 0 Å². The SMILES string of the molecule is CCN(CC)S(=O)(=O)c1ccc(OC(C)C)c(NC(=O)Cn2c(=O)cnc3ccccc32)c1. The van der Waals surface area contributed by atoms with Gasteiger partial charge in [-0.3, -0.25) is 14.2 Å². The summed E-state index contributed by atoms with van der Waals surface area (Å²) in [5, 5.41) is 2.72. The number of carbonyl (C=O) groups excluding carboxylic acids is 1. The fourth-order valence-electron chi connectivity index (χ4n) is 3.45. The molecule has 0 spiro atoms. The highest BCUT2D eigenvalue weighted by atomic mass is 32.2. The number of rotatable bonds is 9. The fourth-order valence-corrected chi connectivity index (χ4v) is 4.93. The van der Waals surface area contributed by atoms with Crippen molar-refractivity contribution in [2.45, 2.75) is 45.2 Å². The quantitative estimate of drug-likeness (QED) is 0.513. The first kappa shape index (κ1) is 24.4. The lowest BCUT2D eigenvalue weighted by molar-refractivity contribution is -0.116. The van der Waals surface area contributed by atoms with E-state index in [0.29, 0.717) is 29.9 Å². The molecule has 0 saturated heterocycles. The summed E-state index contributed by atoms with van der Waals surface area (Å²) >= 11 is 0. The number of nitrogens with one attached hydrogen (secondary N) is 1. The first-order valence-electron chi connectivity index (χ1n) is 10.7. The molecule has 9 nitrogen and oxygen atoms in total. The number of amides is 1. The summed E-state index contributed by atoms with van der Waals surface area (Å²) in [6.45, 7) is 7.55. The largest absolute Gasteiger partial charge is 0.489 e. The van der Waals surface area contributed by atoms with E-state index in [9.17, 15) is 18.0 Å². The van der Waals surface area contributed by atoms with Crippen LogP contribution in [0.15, 0.2) is 58.4 Å². The van der Waals surface area contributed by atoms with Crippen LogP contribution in [-0.4, -0.2) is 47.4 Å². The average molecular weight is 473 g/mol. The van der Waals surface area contributed by atoms with Crippen LogP contribution in [0.1, 0.15) is 27.7 Å². The van der Waals surface area contributed by atoms with Gasteiger partial charge >= 0.3 is 0 Å². The number of ether oxygens (including phenoxy) is 1. The van der Waals surface area contributed by atoms with Gasteiger partial charge in [0.25, 0.3) is 5.56 Å². The van der Waals surface area contributed by atoms with Crippen molar-refractivity contribution in [1.29, 1.82) is 0 Å². The maximum Gasteiger partial charge on any atom is 0.269 e. The number of fused-ring (bicyclic) bond motifs is 1. The standard InChI is InChI=1S/C23H28N4O5S/c1-5-26(6-2)33(30,31)17-11-12-21(32-16(3)4)19(13-17)25-22(28)15-27-20-10-8-7-9-18(20)24-14-23(27)29/h7-14,16H,5-6,15H2,1-4H3,(H,25,28). The Labute approximate surface area is 193 Å². The van der Waals surface area contributed by atoms with Crippen LogP contribution in [-0.2, 0) is 21.4 Å². The monoisotopic (exact) mass is 472 g/mol. The molecule has 0 fully saturated rings. The highest BCUT2D eigenvalue weighted by Crippen LogP contribution is 2.30. The van der Waals surface area contributed by atoms with E-state index in [1.54, 1.807) is 38.1 Å². The zero-order valence-corrected chi connectivity index (χ0v) is 19.9. The molecule has 0 radical (unpaired) electrons. The maximum absolute atomic E-state index is 13.0. The van der Waals surface area contributed by atoms with Gasteiger partial charge in [-0.25, -0.2) is 13.4 Å². The van der Waals surface area contributed by atoms with Crippen molar-refractivity contribution < 1.29 is 17.9 Å². The summed E-state index contributed by atoms with van der Waals surface area (Å²) in [4.78, 5) is 29.4. The van der Waals surface area contributed by atoms with Crippen LogP contribution < -0.4 is 15.6 Å². The van der Waals surface area contributed by atoms with Crippen molar-refractivity contribution in [3.8, 4) is 5.75 Å². The Balaban J connectivity index is 1.97. The summed E-state index contributed by atoms with van der Waals surface area (Å²) in [6.07, 6.45) is 0.970. The molecule has 0 atom stereocenters. The second kappa shape index (κ2) is 10.1. The van der Waals surface area contributed by atoms with E-state index in [0.717, 1.165) is 0 Å². The number of hydrogen-bond donors (Lipinski definition) is 1. The Kier molecular flexibility index (Phi) is 7.50. The molecule has 1 amide bonds. The maximum atomic E-state index is 13.0. The van der Waals surface area contributed by atoms with Crippen LogP contribution in [0.4, 0.5) is 5.69 Å². The van der Waals surface area contributed by atoms with Gasteiger partial charge in [0.2, 0.25) is 15.9 Å². The first-order chi connectivity index (χ1) is 15.7. The number of anilines is 1. The van der Waals surface area contributed by atoms with Crippen LogP contribution >= 0.6 is 0 Å². The van der Waals surface area contributed by atoms with Gasteiger partial charge in [-0.15, -0.1) is 0 Å². The molecule has 10 heteroatoms. The Hall–Kier alpha value is -3.24. The van der Waals surface area contributed by atoms with Crippen LogP contribution in [0.25, 0.3) is 11.0 Å². The topological polar surface area (TPSA) is 111 Å². The molecule has 0 bridgehead atoms. The van der Waals surface area contributed by atoms with E-state index in [1.807, 2.05) is 13.8 Å². The molecule has 1 heterocycles. The third kappa shape index (κ3) is 5.40. The van der Waals surface area contributed by atoms with Gasteiger partial charge in [0.15, 0.2) is 0 Å². The van der Waals surface area contributed by atoms with E-state index in [-0.39, 0.29) is 23.2 Å². The predicted molar refractivity (Wildman–Crippen MR) is 127 cm³/mol. The lowest BCUT2D eigenvalue weighted by atomic mass is 10.2. The minimum atomic E-state index is -3.74. The molecule has 3 rings (SSSR count). The molecule has 3 aromatic rings. The van der Waals surface area contributed by atoms with E-state index < -0.39 is 21.5 Å². The molecule has 1 aromatic heterocycles. The molecule has 0 unspecified atom stereocenters. The van der Waals surface area contributed by atoms with Crippen molar-refractivity contribution in [2.24, 2.45) is 0 Å². The number of aromatic nitrogens is 2. The van der Waals surface area contributed by atoms with Crippen LogP contribution in [0.5, 0.6) is 5.75 Å². The zero-order valence-electron chi connectivity index (χ0n) is 19.1. The van der Waals surface area contributed by atoms with Crippen molar-refractivity contribution in [1.82, 2.24) is 13.9 Å². The number of carbonyl (C=O) groups is 1. The molecule has 0 aliphatic heterocycles. The molecular weight excluding hydrogens is 444 g/mol. The number of nitrogens with zero attached hydrogens (tertiary/aromatic N) is 3. The summed E-state index contributed by atoms with van der Waals surface area (Å²) < 4.78 is 34.4. The molecule has 0 saturated carbocycles. The third-order valence-corrected chi connectivity index (χ3v) is 7.03. The molecule has 33 heavy (non-hydrogen) atoms. The van der Waals surface area contributed by atoms with Gasteiger partial charge in [0, 0.05) is 13.1 Å². The second-order valence-electron chi connectivity index (χ2n) is 7.63. The lowest BCUT2D eigenvalue weighted by Gasteiger charge is -2.21. The first-order valence-corrected chi connectivity index (χ1v) is 12.2. The molecule has 0 aliphatic rings. The van der Waals surface area contributed by atoms with Gasteiger partial charge in [-0.2, -0.15) is 4.31 Å². The van der Waals surface area contributed by atoms with E-state index in [4.69, 9.17) is 4.74 Å². The molecular formula is C23H28N4O5S. The smallest absolute Gasteiger partial charge is 0.269 e. The minimum absolute atomic E-state index is 0.0455. The van der Waals surface area contributed by atoms with Gasteiger partial charge in [-0.05, 0) is 44.2 Å². The second-order valence-corrected chi connectivity index (χ2v) is 9.57. The molecule has 176 valence electrons. The Morgan fingerprint density at radius 3 is 2.52 bits per heavy atom. The van der Waals surface area contributed by atoms with E-state index in [1.165, 1.54) is 33.3 Å². The van der Waals surface area contributed by atoms with Crippen molar-refractivity contribution in [3.05, 3.63) is 59.0 Å². The molecule has 0 aliphatic carbocycles. The summed E-state index contributed by atoms with van der Waals surface area (Å²) in [5.74, 6) is -0.164. The van der Waals surface area contributed by atoms with E-state index in [2.05, 4.69) is 10.3 Å². The van der Waals surface area contributed by atoms with Gasteiger partial charge < -0.3 is 10.1 Å². The molecule has 1 N–H and O–H groups in total. The lowest BCUT2D eigenvalue weighted by Crippen LogP contribution is -2.31. The van der Waals surface area contributed by atoms with Crippen LogP contribution in [0.2, 0.25) is 0 Å². The Bertz CT molecular complexity index is 1310. The Morgan fingerprint density at radius 2 is 1.85 bits per heavy atom. The number of hydrogen-bond acceptors (Lipinski definition) is 6. The minimum Gasteiger partial charge on any atom is -0.489 e. The van der Waals surface area contributed by atoms with Crippen molar-refractivity contribution in [3.63, 3.8) is 0 Å². The predicted octanol–water partition coefficient (Wildman–Crippen LogP) is 2.85. The van der Waals surface area contributed by atoms with Crippen LogP contribution in [0, 0.1) is 0 Å². The third-order valence-electron chi connectivity index (χ3n) is 4.99. The summed E-state index contributed by atoms with van der Waals surface area (Å²) in [7, 11) is -3.74. The Morgan fingerprint density at radius 1 is 1.15 bits per heavy atom. The highest BCUT2D eigenvalue weighted by Gasteiger charge is 2.24. The number of sulfonamides is 1. The summed E-state index contributed by atoms with van der Waals surface area (Å²) in [5.41, 5.74) is 0.909. The van der Waals surface area contributed by atoms with Crippen molar-refractivity contribution >= 4 is 32.7 Å². The number of benzene rings is 2. The van der Waals surface area contributed by atoms with Gasteiger partial charge in [-0.1, -0.05) is 26.0 Å². The van der Waals surface area contributed by atoms with Gasteiger partial charge in [0.1, 0.15) is 12.3 Å². The van der Waals surface area contributed by atoms with Gasteiger partial charge in [0.05, 0.1) is 33.9 Å². The average Bonchev–Trinajstić information content (AvgIpc) is 2.77. The highest BCUT2D eigenvalue weighted by molar-refractivity contribution is 7.89. The van der Waals surface area contributed by atoms with Crippen molar-refractivity contribution in [2.75, 3.05) is 18.4 Å². The zero-order chi connectivity index (χ0) is 24.2. The summed E-state index contributed by atoms with van der Waals surface area (Å²) in [6, 6.07) is 11.4. The molecule has 2 aromatic carbocycles.